The Bertz CT molecular complexity index is 730. The maximum absolute atomic E-state index is 12.9. The lowest BCUT2D eigenvalue weighted by Gasteiger charge is -2.37. The Morgan fingerprint density at radius 1 is 1.00 bits per heavy atom. The molecule has 2 fully saturated rings. The first kappa shape index (κ1) is 21.7. The van der Waals surface area contributed by atoms with E-state index in [-0.39, 0.29) is 23.5 Å². The van der Waals surface area contributed by atoms with Crippen LogP contribution in [0, 0.1) is 17.3 Å². The maximum Gasteiger partial charge on any atom is 0.257 e. The highest BCUT2D eigenvalue weighted by Gasteiger charge is 2.36. The number of nitrogens with one attached hydrogen (secondary N) is 1. The van der Waals surface area contributed by atoms with Crippen molar-refractivity contribution in [3.63, 3.8) is 0 Å². The molecule has 2 amide bonds. The molecule has 1 saturated carbocycles. The fourth-order valence-electron chi connectivity index (χ4n) is 4.78. The molecule has 1 N–H and O–H groups in total. The van der Waals surface area contributed by atoms with E-state index < -0.39 is 6.04 Å². The van der Waals surface area contributed by atoms with Crippen LogP contribution in [0.5, 0.6) is 0 Å². The van der Waals surface area contributed by atoms with Crippen molar-refractivity contribution in [2.45, 2.75) is 65.3 Å². The van der Waals surface area contributed by atoms with Gasteiger partial charge in [0.15, 0.2) is 0 Å². The van der Waals surface area contributed by atoms with E-state index in [4.69, 9.17) is 0 Å². The summed E-state index contributed by atoms with van der Waals surface area (Å²) in [6, 6.07) is 8.36. The third-order valence-corrected chi connectivity index (χ3v) is 6.71. The summed E-state index contributed by atoms with van der Waals surface area (Å²) in [7, 11) is 0. The first-order valence-electron chi connectivity index (χ1n) is 10.9. The van der Waals surface area contributed by atoms with Crippen molar-refractivity contribution in [1.29, 1.82) is 0 Å². The average molecular weight is 399 g/mol. The second-order valence-corrected chi connectivity index (χ2v) is 9.69. The lowest BCUT2D eigenvalue weighted by molar-refractivity contribution is -0.128. The van der Waals surface area contributed by atoms with Crippen LogP contribution in [0.4, 0.5) is 0 Å². The number of carbonyl (C=O) groups excluding carboxylic acids is 3. The van der Waals surface area contributed by atoms with Gasteiger partial charge in [0.1, 0.15) is 5.78 Å². The van der Waals surface area contributed by atoms with E-state index in [1.807, 2.05) is 11.0 Å². The SMILES string of the molecule is CC(C)(C)C1CCC(C(=O)CN2CCC[C@H]2C(=O)NC(=O)c2ccccc2)CC1. The van der Waals surface area contributed by atoms with E-state index in [0.29, 0.717) is 29.9 Å². The average Bonchev–Trinajstić information content (AvgIpc) is 3.16. The van der Waals surface area contributed by atoms with Crippen LogP contribution in [0.25, 0.3) is 0 Å². The van der Waals surface area contributed by atoms with Crippen LogP contribution in [-0.2, 0) is 9.59 Å². The van der Waals surface area contributed by atoms with Gasteiger partial charge in [0, 0.05) is 11.5 Å². The summed E-state index contributed by atoms with van der Waals surface area (Å²) in [5, 5.41) is 2.51. The number of hydrogen-bond acceptors (Lipinski definition) is 4. The molecule has 0 bridgehead atoms. The van der Waals surface area contributed by atoms with E-state index in [2.05, 4.69) is 26.1 Å². The van der Waals surface area contributed by atoms with Crippen molar-refractivity contribution in [2.75, 3.05) is 13.1 Å². The fourth-order valence-corrected chi connectivity index (χ4v) is 4.78. The highest BCUT2D eigenvalue weighted by atomic mass is 16.2. The number of imide groups is 1. The zero-order valence-corrected chi connectivity index (χ0v) is 17.9. The molecule has 1 saturated heterocycles. The van der Waals surface area contributed by atoms with Gasteiger partial charge in [0.2, 0.25) is 5.91 Å². The summed E-state index contributed by atoms with van der Waals surface area (Å²) >= 11 is 0. The summed E-state index contributed by atoms with van der Waals surface area (Å²) in [6.45, 7) is 7.90. The molecule has 1 aliphatic carbocycles. The van der Waals surface area contributed by atoms with Crippen LogP contribution >= 0.6 is 0 Å². The van der Waals surface area contributed by atoms with E-state index >= 15 is 0 Å². The molecule has 0 aromatic heterocycles. The molecule has 158 valence electrons. The minimum Gasteiger partial charge on any atom is -0.298 e. The van der Waals surface area contributed by atoms with Gasteiger partial charge in [-0.2, -0.15) is 0 Å². The normalized spacial score (nSPS) is 25.6. The standard InChI is InChI=1S/C24H34N2O3/c1-24(2,3)19-13-11-17(12-14-19)21(27)16-26-15-7-10-20(26)23(29)25-22(28)18-8-5-4-6-9-18/h4-6,8-9,17,19-20H,7,10-16H2,1-3H3,(H,25,28,29)/t17?,19?,20-/m0/s1. The van der Waals surface area contributed by atoms with Crippen molar-refractivity contribution in [3.8, 4) is 0 Å². The highest BCUT2D eigenvalue weighted by Crippen LogP contribution is 2.40. The van der Waals surface area contributed by atoms with Gasteiger partial charge < -0.3 is 0 Å². The summed E-state index contributed by atoms with van der Waals surface area (Å²) in [4.78, 5) is 39.8. The molecule has 0 unspecified atom stereocenters. The Hall–Kier alpha value is -2.01. The number of likely N-dealkylation sites (tertiary alicyclic amines) is 1. The van der Waals surface area contributed by atoms with E-state index in [0.717, 1.165) is 38.6 Å². The zero-order chi connectivity index (χ0) is 21.0. The third-order valence-electron chi connectivity index (χ3n) is 6.71. The topological polar surface area (TPSA) is 66.5 Å². The van der Waals surface area contributed by atoms with E-state index in [9.17, 15) is 14.4 Å². The molecule has 1 atom stereocenters. The number of amides is 2. The van der Waals surface area contributed by atoms with Crippen LogP contribution in [0.1, 0.15) is 69.7 Å². The second-order valence-electron chi connectivity index (χ2n) is 9.69. The predicted molar refractivity (Wildman–Crippen MR) is 113 cm³/mol. The first-order valence-corrected chi connectivity index (χ1v) is 10.9. The van der Waals surface area contributed by atoms with Crippen LogP contribution < -0.4 is 5.32 Å². The quantitative estimate of drug-likeness (QED) is 0.766. The van der Waals surface area contributed by atoms with Gasteiger partial charge in [0.25, 0.3) is 5.91 Å². The molecule has 1 aromatic carbocycles. The smallest absolute Gasteiger partial charge is 0.257 e. The predicted octanol–water partition coefficient (Wildman–Crippen LogP) is 3.83. The molecular formula is C24H34N2O3. The van der Waals surface area contributed by atoms with Crippen LogP contribution in [-0.4, -0.2) is 41.6 Å². The zero-order valence-electron chi connectivity index (χ0n) is 17.9. The summed E-state index contributed by atoms with van der Waals surface area (Å²) < 4.78 is 0. The van der Waals surface area contributed by atoms with Gasteiger partial charge in [0.05, 0.1) is 12.6 Å². The molecule has 2 aliphatic rings. The van der Waals surface area contributed by atoms with Gasteiger partial charge in [-0.05, 0) is 68.5 Å². The van der Waals surface area contributed by atoms with Gasteiger partial charge in [-0.25, -0.2) is 0 Å². The molecular weight excluding hydrogens is 364 g/mol. The number of Topliss-reactive ketones (excluding diaryl/α,β-unsaturated/α-hetero) is 1. The molecule has 1 heterocycles. The molecule has 1 aliphatic heterocycles. The van der Waals surface area contributed by atoms with Crippen LogP contribution in [0.2, 0.25) is 0 Å². The number of ketones is 1. The number of hydrogen-bond donors (Lipinski definition) is 1. The largest absolute Gasteiger partial charge is 0.298 e. The Morgan fingerprint density at radius 3 is 2.28 bits per heavy atom. The molecule has 5 nitrogen and oxygen atoms in total. The number of rotatable bonds is 5. The first-order chi connectivity index (χ1) is 13.8. The molecule has 5 heteroatoms. The molecule has 1 aromatic rings. The van der Waals surface area contributed by atoms with Crippen molar-refractivity contribution in [1.82, 2.24) is 10.2 Å². The minimum atomic E-state index is -0.391. The van der Waals surface area contributed by atoms with Crippen molar-refractivity contribution < 1.29 is 14.4 Å². The van der Waals surface area contributed by atoms with Gasteiger partial charge >= 0.3 is 0 Å². The molecule has 29 heavy (non-hydrogen) atoms. The summed E-state index contributed by atoms with van der Waals surface area (Å²) in [5.74, 6) is 0.381. The van der Waals surface area contributed by atoms with Crippen molar-refractivity contribution >= 4 is 17.6 Å². The monoisotopic (exact) mass is 398 g/mol. The van der Waals surface area contributed by atoms with Gasteiger partial charge in [-0.1, -0.05) is 39.0 Å². The summed E-state index contributed by atoms with van der Waals surface area (Å²) in [5.41, 5.74) is 0.773. The second kappa shape index (κ2) is 9.21. The van der Waals surface area contributed by atoms with Crippen molar-refractivity contribution in [3.05, 3.63) is 35.9 Å². The lowest BCUT2D eigenvalue weighted by Crippen LogP contribution is -2.47. The molecule has 0 radical (unpaired) electrons. The minimum absolute atomic E-state index is 0.115. The fraction of sp³-hybridized carbons (Fsp3) is 0.625. The Kier molecular flexibility index (Phi) is 6.89. The Labute approximate surface area is 174 Å². The van der Waals surface area contributed by atoms with Crippen LogP contribution in [0.3, 0.4) is 0 Å². The lowest BCUT2D eigenvalue weighted by atomic mass is 9.69. The van der Waals surface area contributed by atoms with Crippen molar-refractivity contribution in [2.24, 2.45) is 17.3 Å². The van der Waals surface area contributed by atoms with Crippen LogP contribution in [0.15, 0.2) is 30.3 Å². The third kappa shape index (κ3) is 5.53. The Morgan fingerprint density at radius 2 is 1.66 bits per heavy atom. The van der Waals surface area contributed by atoms with E-state index in [1.165, 1.54) is 0 Å². The number of benzene rings is 1. The van der Waals surface area contributed by atoms with E-state index in [1.54, 1.807) is 24.3 Å². The van der Waals surface area contributed by atoms with Gasteiger partial charge in [-0.3, -0.25) is 24.6 Å². The van der Waals surface area contributed by atoms with Gasteiger partial charge in [-0.15, -0.1) is 0 Å². The molecule has 3 rings (SSSR count). The highest BCUT2D eigenvalue weighted by molar-refractivity contribution is 6.06. The molecule has 0 spiro atoms. The Balaban J connectivity index is 1.52. The summed E-state index contributed by atoms with van der Waals surface area (Å²) in [6.07, 6.45) is 5.69. The number of nitrogens with zero attached hydrogens (tertiary/aromatic N) is 1. The maximum atomic E-state index is 12.9. The number of carbonyl (C=O) groups is 3.